The van der Waals surface area contributed by atoms with E-state index < -0.39 is 0 Å². The minimum atomic E-state index is 0.0589. The molecule has 1 aliphatic heterocycles. The molecule has 3 aromatic rings. The summed E-state index contributed by atoms with van der Waals surface area (Å²) >= 11 is 6.93. The molecule has 1 fully saturated rings. The van der Waals surface area contributed by atoms with Gasteiger partial charge in [-0.05, 0) is 54.2 Å². The van der Waals surface area contributed by atoms with Crippen molar-refractivity contribution in [3.8, 4) is 16.5 Å². The Morgan fingerprint density at radius 2 is 2.19 bits per heavy atom. The Morgan fingerprint density at radius 3 is 2.89 bits per heavy atom. The van der Waals surface area contributed by atoms with Gasteiger partial charge in [-0.3, -0.25) is 14.5 Å². The molecule has 0 bridgehead atoms. The Balaban J connectivity index is 1.56. The molecule has 1 atom stereocenters. The number of nitrogens with zero attached hydrogens (tertiary/aromatic N) is 3. The molecule has 0 radical (unpaired) electrons. The van der Waals surface area contributed by atoms with Gasteiger partial charge in [-0.2, -0.15) is 5.10 Å². The molecular weight excluding hydrogens is 380 g/mol. The van der Waals surface area contributed by atoms with Gasteiger partial charge in [0.15, 0.2) is 10.6 Å². The van der Waals surface area contributed by atoms with E-state index in [0.29, 0.717) is 10.6 Å². The molecule has 1 saturated heterocycles. The van der Waals surface area contributed by atoms with Gasteiger partial charge < -0.3 is 9.64 Å². The van der Waals surface area contributed by atoms with E-state index in [2.05, 4.69) is 10.2 Å². The number of hydrogen-bond donors (Lipinski definition) is 1. The maximum absolute atomic E-state index is 13.1. The summed E-state index contributed by atoms with van der Waals surface area (Å²) < 4.78 is 7.48. The predicted octanol–water partition coefficient (Wildman–Crippen LogP) is 4.04. The molecule has 1 amide bonds. The number of carbonyl (C=O) groups is 1. The zero-order valence-corrected chi connectivity index (χ0v) is 16.6. The van der Waals surface area contributed by atoms with Gasteiger partial charge in [0.1, 0.15) is 12.3 Å². The van der Waals surface area contributed by atoms with E-state index in [0.717, 1.165) is 35.6 Å². The highest BCUT2D eigenvalue weighted by Crippen LogP contribution is 2.33. The van der Waals surface area contributed by atoms with Gasteiger partial charge in [-0.1, -0.05) is 18.2 Å². The summed E-state index contributed by atoms with van der Waals surface area (Å²) in [5, 5.41) is 9.11. The van der Waals surface area contributed by atoms with Gasteiger partial charge >= 0.3 is 0 Å². The summed E-state index contributed by atoms with van der Waals surface area (Å²) in [6.45, 7) is 0.949. The van der Waals surface area contributed by atoms with Crippen molar-refractivity contribution in [2.45, 2.75) is 25.4 Å². The van der Waals surface area contributed by atoms with E-state index >= 15 is 0 Å². The Kier molecular flexibility index (Phi) is 5.09. The van der Waals surface area contributed by atoms with Gasteiger partial charge in [0.05, 0.1) is 18.0 Å². The number of carbonyl (C=O) groups excluding carboxylic acids is 1. The molecular formula is C19H20N4O2S2. The fraction of sp³-hybridized carbons (Fsp3) is 0.316. The number of hydrogen-bond acceptors (Lipinski definition) is 5. The summed E-state index contributed by atoms with van der Waals surface area (Å²) in [4.78, 5) is 16.0. The van der Waals surface area contributed by atoms with E-state index in [1.165, 1.54) is 0 Å². The molecule has 1 N–H and O–H groups in total. The fourth-order valence-corrected chi connectivity index (χ4v) is 4.44. The minimum absolute atomic E-state index is 0.0589. The van der Waals surface area contributed by atoms with Crippen molar-refractivity contribution in [1.29, 1.82) is 0 Å². The van der Waals surface area contributed by atoms with Crippen LogP contribution in [0.15, 0.2) is 41.8 Å². The zero-order chi connectivity index (χ0) is 18.8. The molecule has 6 nitrogen and oxygen atoms in total. The second-order valence-corrected chi connectivity index (χ2v) is 7.77. The minimum Gasteiger partial charge on any atom is -0.497 e. The first-order valence-corrected chi connectivity index (χ1v) is 10.1. The SMILES string of the molecule is COc1ccc([C@@H]2CCCN2C(=O)Cn2c(-c3cccs3)n[nH]c2=S)cc1. The number of aromatic nitrogens is 3. The molecule has 0 aliphatic carbocycles. The number of ether oxygens (including phenoxy) is 1. The molecule has 0 saturated carbocycles. The number of nitrogens with one attached hydrogen (secondary N) is 1. The maximum Gasteiger partial charge on any atom is 0.243 e. The number of methoxy groups -OCH3 is 1. The lowest BCUT2D eigenvalue weighted by Gasteiger charge is -2.25. The fourth-order valence-electron chi connectivity index (χ4n) is 3.52. The number of rotatable bonds is 5. The predicted molar refractivity (Wildman–Crippen MR) is 107 cm³/mol. The molecule has 1 aliphatic rings. The zero-order valence-electron chi connectivity index (χ0n) is 14.9. The Bertz CT molecular complexity index is 976. The van der Waals surface area contributed by atoms with Crippen LogP contribution in [-0.2, 0) is 11.3 Å². The molecule has 1 aromatic carbocycles. The molecule has 140 valence electrons. The normalized spacial score (nSPS) is 16.6. The highest BCUT2D eigenvalue weighted by atomic mass is 32.1. The molecule has 3 heterocycles. The summed E-state index contributed by atoms with van der Waals surface area (Å²) in [5.41, 5.74) is 1.14. The lowest BCUT2D eigenvalue weighted by atomic mass is 10.0. The van der Waals surface area contributed by atoms with Crippen LogP contribution < -0.4 is 4.74 Å². The van der Waals surface area contributed by atoms with Gasteiger partial charge in [-0.25, -0.2) is 0 Å². The molecule has 8 heteroatoms. The maximum atomic E-state index is 13.1. The largest absolute Gasteiger partial charge is 0.497 e. The van der Waals surface area contributed by atoms with Crippen molar-refractivity contribution in [1.82, 2.24) is 19.7 Å². The van der Waals surface area contributed by atoms with Crippen LogP contribution in [-0.4, -0.2) is 39.2 Å². The molecule has 2 aromatic heterocycles. The van der Waals surface area contributed by atoms with Crippen LogP contribution in [0.4, 0.5) is 0 Å². The number of benzene rings is 1. The number of thiophene rings is 1. The summed E-state index contributed by atoms with van der Waals surface area (Å²) in [7, 11) is 1.65. The van der Waals surface area contributed by atoms with E-state index in [-0.39, 0.29) is 18.5 Å². The van der Waals surface area contributed by atoms with Crippen molar-refractivity contribution in [2.24, 2.45) is 0 Å². The Morgan fingerprint density at radius 1 is 1.37 bits per heavy atom. The molecule has 27 heavy (non-hydrogen) atoms. The number of likely N-dealkylation sites (tertiary alicyclic amines) is 1. The second-order valence-electron chi connectivity index (χ2n) is 6.43. The van der Waals surface area contributed by atoms with E-state index in [4.69, 9.17) is 17.0 Å². The Labute approximate surface area is 166 Å². The van der Waals surface area contributed by atoms with Crippen LogP contribution in [0, 0.1) is 4.77 Å². The molecule has 0 unspecified atom stereocenters. The van der Waals surface area contributed by atoms with Gasteiger partial charge in [0.2, 0.25) is 5.91 Å². The highest BCUT2D eigenvalue weighted by molar-refractivity contribution is 7.71. The number of aromatic amines is 1. The monoisotopic (exact) mass is 400 g/mol. The van der Waals surface area contributed by atoms with Crippen LogP contribution >= 0.6 is 23.6 Å². The van der Waals surface area contributed by atoms with Crippen LogP contribution in [0.2, 0.25) is 0 Å². The first kappa shape index (κ1) is 17.9. The third-order valence-corrected chi connectivity index (χ3v) is 6.04. The topological polar surface area (TPSA) is 63.1 Å². The summed E-state index contributed by atoms with van der Waals surface area (Å²) in [6, 6.07) is 12.0. The number of H-pyrrole nitrogens is 1. The van der Waals surface area contributed by atoms with Crippen molar-refractivity contribution in [3.63, 3.8) is 0 Å². The van der Waals surface area contributed by atoms with Crippen molar-refractivity contribution >= 4 is 29.5 Å². The van der Waals surface area contributed by atoms with E-state index in [1.54, 1.807) is 23.0 Å². The first-order chi connectivity index (χ1) is 13.2. The van der Waals surface area contributed by atoms with Crippen LogP contribution in [0.5, 0.6) is 5.75 Å². The van der Waals surface area contributed by atoms with E-state index in [9.17, 15) is 4.79 Å². The second kappa shape index (κ2) is 7.66. The Hall–Kier alpha value is -2.45. The van der Waals surface area contributed by atoms with Crippen LogP contribution in [0.25, 0.3) is 10.7 Å². The van der Waals surface area contributed by atoms with Crippen molar-refractivity contribution < 1.29 is 9.53 Å². The summed E-state index contributed by atoms with van der Waals surface area (Å²) in [5.74, 6) is 1.59. The third kappa shape index (κ3) is 3.54. The molecule has 4 rings (SSSR count). The van der Waals surface area contributed by atoms with E-state index in [1.807, 2.05) is 46.7 Å². The number of amides is 1. The van der Waals surface area contributed by atoms with Gasteiger partial charge in [-0.15, -0.1) is 11.3 Å². The standard InChI is InChI=1S/C19H20N4O2S2/c1-25-14-8-6-13(7-9-14)15-4-2-10-22(15)17(24)12-23-18(20-21-19(23)26)16-5-3-11-27-16/h3,5-9,11,15H,2,4,10,12H2,1H3,(H,21,26)/t15-/m0/s1. The van der Waals surface area contributed by atoms with Gasteiger partial charge in [0.25, 0.3) is 0 Å². The smallest absolute Gasteiger partial charge is 0.243 e. The van der Waals surface area contributed by atoms with Crippen molar-refractivity contribution in [2.75, 3.05) is 13.7 Å². The highest BCUT2D eigenvalue weighted by Gasteiger charge is 2.30. The molecule has 0 spiro atoms. The van der Waals surface area contributed by atoms with Crippen LogP contribution in [0.1, 0.15) is 24.4 Å². The van der Waals surface area contributed by atoms with Crippen LogP contribution in [0.3, 0.4) is 0 Å². The quantitative estimate of drug-likeness (QED) is 0.657. The summed E-state index contributed by atoms with van der Waals surface area (Å²) in [6.07, 6.45) is 1.96. The van der Waals surface area contributed by atoms with Crippen molar-refractivity contribution in [3.05, 3.63) is 52.1 Å². The average Bonchev–Trinajstić information content (AvgIpc) is 3.43. The lowest BCUT2D eigenvalue weighted by Crippen LogP contribution is -2.33. The van der Waals surface area contributed by atoms with Gasteiger partial charge in [0, 0.05) is 6.54 Å². The third-order valence-electron chi connectivity index (χ3n) is 4.87. The lowest BCUT2D eigenvalue weighted by molar-refractivity contribution is -0.132. The average molecular weight is 401 g/mol. The first-order valence-electron chi connectivity index (χ1n) is 8.80.